The zero-order chi connectivity index (χ0) is 14.4. The molecule has 104 valence electrons. The maximum atomic E-state index is 12.8. The maximum Gasteiger partial charge on any atom is 0.163 e. The Morgan fingerprint density at radius 2 is 1.95 bits per heavy atom. The Kier molecular flexibility index (Phi) is 5.18. The fourth-order valence-electron chi connectivity index (χ4n) is 1.73. The lowest BCUT2D eigenvalue weighted by molar-refractivity contribution is 0.0989. The molecule has 4 heteroatoms. The first-order valence-corrected chi connectivity index (χ1v) is 7.23. The van der Waals surface area contributed by atoms with E-state index in [0.717, 1.165) is 10.6 Å². The van der Waals surface area contributed by atoms with Gasteiger partial charge in [-0.05, 0) is 42.5 Å². The minimum atomic E-state index is -0.327. The van der Waals surface area contributed by atoms with Crippen LogP contribution in [0.15, 0.2) is 53.4 Å². The topological polar surface area (TPSA) is 26.3 Å². The number of ether oxygens (including phenoxy) is 1. The zero-order valence-corrected chi connectivity index (χ0v) is 12.0. The van der Waals surface area contributed by atoms with Crippen molar-refractivity contribution >= 4 is 17.5 Å². The van der Waals surface area contributed by atoms with Gasteiger partial charge >= 0.3 is 0 Å². The lowest BCUT2D eigenvalue weighted by Gasteiger charge is -2.04. The Bertz CT molecular complexity index is 581. The molecule has 0 saturated heterocycles. The Morgan fingerprint density at radius 1 is 1.20 bits per heavy atom. The second-order valence-electron chi connectivity index (χ2n) is 4.21. The molecule has 0 aromatic heterocycles. The highest BCUT2D eigenvalue weighted by molar-refractivity contribution is 7.99. The highest BCUT2D eigenvalue weighted by Gasteiger charge is 2.06. The minimum Gasteiger partial charge on any atom is -0.497 e. The van der Waals surface area contributed by atoms with E-state index in [2.05, 4.69) is 0 Å². The normalized spacial score (nSPS) is 10.3. The van der Waals surface area contributed by atoms with Gasteiger partial charge in [-0.3, -0.25) is 4.79 Å². The lowest BCUT2D eigenvalue weighted by atomic mass is 10.1. The van der Waals surface area contributed by atoms with Crippen molar-refractivity contribution in [3.05, 3.63) is 59.9 Å². The van der Waals surface area contributed by atoms with Gasteiger partial charge in [-0.1, -0.05) is 6.07 Å². The van der Waals surface area contributed by atoms with E-state index in [9.17, 15) is 9.18 Å². The number of benzene rings is 2. The molecule has 0 saturated carbocycles. The van der Waals surface area contributed by atoms with Crippen molar-refractivity contribution in [1.82, 2.24) is 0 Å². The third-order valence-electron chi connectivity index (χ3n) is 2.81. The second-order valence-corrected chi connectivity index (χ2v) is 5.38. The van der Waals surface area contributed by atoms with Crippen LogP contribution in [0, 0.1) is 5.82 Å². The van der Waals surface area contributed by atoms with E-state index in [1.807, 2.05) is 24.3 Å². The van der Waals surface area contributed by atoms with E-state index >= 15 is 0 Å². The minimum absolute atomic E-state index is 0.0281. The number of ketones is 1. The Balaban J connectivity index is 1.86. The molecule has 0 unspecified atom stereocenters. The van der Waals surface area contributed by atoms with Gasteiger partial charge in [0.1, 0.15) is 11.6 Å². The van der Waals surface area contributed by atoms with Gasteiger partial charge in [0.15, 0.2) is 5.78 Å². The van der Waals surface area contributed by atoms with Crippen LogP contribution in [0.4, 0.5) is 4.39 Å². The van der Waals surface area contributed by atoms with Crippen LogP contribution in [-0.4, -0.2) is 18.6 Å². The molecule has 0 N–H and O–H groups in total. The third-order valence-corrected chi connectivity index (χ3v) is 3.80. The molecule has 0 heterocycles. The van der Waals surface area contributed by atoms with Crippen LogP contribution in [0.1, 0.15) is 16.8 Å². The number of thioether (sulfide) groups is 1. The predicted molar refractivity (Wildman–Crippen MR) is 79.1 cm³/mol. The van der Waals surface area contributed by atoms with Gasteiger partial charge in [-0.15, -0.1) is 11.8 Å². The fourth-order valence-corrected chi connectivity index (χ4v) is 2.63. The molecule has 2 rings (SSSR count). The third kappa shape index (κ3) is 4.10. The summed E-state index contributed by atoms with van der Waals surface area (Å²) >= 11 is 1.60. The smallest absolute Gasteiger partial charge is 0.163 e. The van der Waals surface area contributed by atoms with E-state index in [1.165, 1.54) is 24.3 Å². The summed E-state index contributed by atoms with van der Waals surface area (Å²) in [7, 11) is 1.63. The summed E-state index contributed by atoms with van der Waals surface area (Å²) in [6.45, 7) is 0. The SMILES string of the molecule is COc1cccc(SCCC(=O)c2ccc(F)cc2)c1. The van der Waals surface area contributed by atoms with Gasteiger partial charge in [0.25, 0.3) is 0 Å². The van der Waals surface area contributed by atoms with Crippen molar-refractivity contribution in [3.63, 3.8) is 0 Å². The highest BCUT2D eigenvalue weighted by Crippen LogP contribution is 2.23. The van der Waals surface area contributed by atoms with Gasteiger partial charge in [0, 0.05) is 22.6 Å². The number of carbonyl (C=O) groups is 1. The molecule has 2 nitrogen and oxygen atoms in total. The molecule has 0 aliphatic carbocycles. The maximum absolute atomic E-state index is 12.8. The summed E-state index contributed by atoms with van der Waals surface area (Å²) in [4.78, 5) is 13.0. The molecule has 0 atom stereocenters. The van der Waals surface area contributed by atoms with Gasteiger partial charge in [0.2, 0.25) is 0 Å². The monoisotopic (exact) mass is 290 g/mol. The summed E-state index contributed by atoms with van der Waals surface area (Å²) < 4.78 is 17.9. The van der Waals surface area contributed by atoms with E-state index in [0.29, 0.717) is 17.7 Å². The lowest BCUT2D eigenvalue weighted by Crippen LogP contribution is -2.00. The Morgan fingerprint density at radius 3 is 2.65 bits per heavy atom. The van der Waals surface area contributed by atoms with Crippen LogP contribution < -0.4 is 4.74 Å². The van der Waals surface area contributed by atoms with Gasteiger partial charge in [-0.25, -0.2) is 4.39 Å². The molecule has 2 aromatic rings. The van der Waals surface area contributed by atoms with Crippen molar-refractivity contribution in [2.24, 2.45) is 0 Å². The molecule has 2 aromatic carbocycles. The predicted octanol–water partition coefficient (Wildman–Crippen LogP) is 4.20. The number of Topliss-reactive ketones (excluding diaryl/α,β-unsaturated/α-hetero) is 1. The van der Waals surface area contributed by atoms with Crippen molar-refractivity contribution in [2.45, 2.75) is 11.3 Å². The molecule has 0 bridgehead atoms. The summed E-state index contributed by atoms with van der Waals surface area (Å²) in [5.41, 5.74) is 0.553. The average Bonchev–Trinajstić information content (AvgIpc) is 2.48. The summed E-state index contributed by atoms with van der Waals surface area (Å²) in [5, 5.41) is 0. The second kappa shape index (κ2) is 7.10. The van der Waals surface area contributed by atoms with Gasteiger partial charge < -0.3 is 4.74 Å². The number of carbonyl (C=O) groups excluding carboxylic acids is 1. The number of methoxy groups -OCH3 is 1. The first kappa shape index (κ1) is 14.6. The quantitative estimate of drug-likeness (QED) is 0.589. The number of halogens is 1. The van der Waals surface area contributed by atoms with Crippen LogP contribution in [0.3, 0.4) is 0 Å². The van der Waals surface area contributed by atoms with Crippen molar-refractivity contribution < 1.29 is 13.9 Å². The molecule has 0 spiro atoms. The molecule has 20 heavy (non-hydrogen) atoms. The highest BCUT2D eigenvalue weighted by atomic mass is 32.2. The van der Waals surface area contributed by atoms with Crippen molar-refractivity contribution in [2.75, 3.05) is 12.9 Å². The van der Waals surface area contributed by atoms with Gasteiger partial charge in [0.05, 0.1) is 7.11 Å². The van der Waals surface area contributed by atoms with Crippen molar-refractivity contribution in [1.29, 1.82) is 0 Å². The molecule has 0 aliphatic heterocycles. The van der Waals surface area contributed by atoms with E-state index in [-0.39, 0.29) is 11.6 Å². The van der Waals surface area contributed by atoms with Crippen LogP contribution >= 0.6 is 11.8 Å². The largest absolute Gasteiger partial charge is 0.497 e. The standard InChI is InChI=1S/C16H15FO2S/c1-19-14-3-2-4-15(11-14)20-10-9-16(18)12-5-7-13(17)8-6-12/h2-8,11H,9-10H2,1H3. The Labute approximate surface area is 122 Å². The Hall–Kier alpha value is -1.81. The van der Waals surface area contributed by atoms with Crippen LogP contribution in [0.2, 0.25) is 0 Å². The van der Waals surface area contributed by atoms with E-state index in [4.69, 9.17) is 4.74 Å². The molecular weight excluding hydrogens is 275 g/mol. The number of hydrogen-bond donors (Lipinski definition) is 0. The molecule has 0 fully saturated rings. The van der Waals surface area contributed by atoms with Gasteiger partial charge in [-0.2, -0.15) is 0 Å². The first-order valence-electron chi connectivity index (χ1n) is 6.24. The van der Waals surface area contributed by atoms with Crippen LogP contribution in [0.25, 0.3) is 0 Å². The first-order chi connectivity index (χ1) is 9.69. The molecular formula is C16H15FO2S. The zero-order valence-electron chi connectivity index (χ0n) is 11.1. The van der Waals surface area contributed by atoms with Crippen molar-refractivity contribution in [3.8, 4) is 5.75 Å². The summed E-state index contributed by atoms with van der Waals surface area (Å²) in [5.74, 6) is 1.19. The summed E-state index contributed by atoms with van der Waals surface area (Å²) in [6.07, 6.45) is 0.424. The number of hydrogen-bond acceptors (Lipinski definition) is 3. The molecule has 0 amide bonds. The average molecular weight is 290 g/mol. The van der Waals surface area contributed by atoms with Crippen LogP contribution in [0.5, 0.6) is 5.75 Å². The van der Waals surface area contributed by atoms with E-state index < -0.39 is 0 Å². The van der Waals surface area contributed by atoms with E-state index in [1.54, 1.807) is 18.9 Å². The number of rotatable bonds is 6. The van der Waals surface area contributed by atoms with Crippen LogP contribution in [-0.2, 0) is 0 Å². The molecule has 0 radical (unpaired) electrons. The molecule has 0 aliphatic rings. The fraction of sp³-hybridized carbons (Fsp3) is 0.188. The summed E-state index contributed by atoms with van der Waals surface area (Å²) in [6, 6.07) is 13.4.